The summed E-state index contributed by atoms with van der Waals surface area (Å²) in [6.07, 6.45) is 5.65. The summed E-state index contributed by atoms with van der Waals surface area (Å²) >= 11 is 6.12. The van der Waals surface area contributed by atoms with Crippen LogP contribution in [0.15, 0.2) is 30.7 Å². The van der Waals surface area contributed by atoms with Crippen LogP contribution >= 0.6 is 11.6 Å². The zero-order valence-corrected chi connectivity index (χ0v) is 14.9. The van der Waals surface area contributed by atoms with Gasteiger partial charge < -0.3 is 5.32 Å². The van der Waals surface area contributed by atoms with E-state index in [9.17, 15) is 4.39 Å². The van der Waals surface area contributed by atoms with Crippen molar-refractivity contribution in [2.24, 2.45) is 5.92 Å². The highest BCUT2D eigenvalue weighted by Gasteiger charge is 2.17. The fourth-order valence-corrected chi connectivity index (χ4v) is 3.47. The predicted octanol–water partition coefficient (Wildman–Crippen LogP) is 2.38. The Morgan fingerprint density at radius 2 is 2.27 bits per heavy atom. The molecule has 1 aliphatic rings. The monoisotopic (exact) mass is 375 g/mol. The predicted molar refractivity (Wildman–Crippen MR) is 95.1 cm³/mol. The molecule has 3 aromatic rings. The number of halogens is 2. The van der Waals surface area contributed by atoms with E-state index >= 15 is 0 Å². The Morgan fingerprint density at radius 3 is 3.08 bits per heavy atom. The zero-order valence-electron chi connectivity index (χ0n) is 14.1. The van der Waals surface area contributed by atoms with Crippen LogP contribution in [-0.2, 0) is 13.1 Å². The molecule has 1 atom stereocenters. The number of nitrogens with one attached hydrogen (secondary N) is 1. The lowest BCUT2D eigenvalue weighted by molar-refractivity contribution is 0.322. The molecule has 0 unspecified atom stereocenters. The van der Waals surface area contributed by atoms with Crippen LogP contribution in [-0.4, -0.2) is 42.8 Å². The SMILES string of the molecule is Fc1cccc(Cl)c1Cn1ncnc1-c1cn(C[C@H]2CCCNC2)nn1. The first-order valence-corrected chi connectivity index (χ1v) is 9.00. The quantitative estimate of drug-likeness (QED) is 0.741. The van der Waals surface area contributed by atoms with Crippen molar-refractivity contribution in [1.82, 2.24) is 35.1 Å². The fourth-order valence-electron chi connectivity index (χ4n) is 3.25. The van der Waals surface area contributed by atoms with Gasteiger partial charge in [-0.05, 0) is 44.0 Å². The summed E-state index contributed by atoms with van der Waals surface area (Å²) in [6, 6.07) is 4.62. The second-order valence-corrected chi connectivity index (χ2v) is 6.89. The molecule has 1 N–H and O–H groups in total. The summed E-state index contributed by atoms with van der Waals surface area (Å²) in [4.78, 5) is 4.26. The van der Waals surface area contributed by atoms with E-state index in [-0.39, 0.29) is 12.4 Å². The molecular weight excluding hydrogens is 357 g/mol. The minimum Gasteiger partial charge on any atom is -0.316 e. The Morgan fingerprint density at radius 1 is 1.35 bits per heavy atom. The van der Waals surface area contributed by atoms with Gasteiger partial charge in [0.25, 0.3) is 0 Å². The average Bonchev–Trinajstić information content (AvgIpc) is 3.28. The van der Waals surface area contributed by atoms with E-state index < -0.39 is 0 Å². The van der Waals surface area contributed by atoms with Crippen LogP contribution in [0.1, 0.15) is 18.4 Å². The molecule has 3 heterocycles. The van der Waals surface area contributed by atoms with Gasteiger partial charge in [0.1, 0.15) is 17.8 Å². The van der Waals surface area contributed by atoms with Crippen LogP contribution < -0.4 is 5.32 Å². The minimum absolute atomic E-state index is 0.181. The Balaban J connectivity index is 1.53. The summed E-state index contributed by atoms with van der Waals surface area (Å²) in [5.41, 5.74) is 0.986. The molecule has 0 radical (unpaired) electrons. The normalized spacial score (nSPS) is 17.5. The molecule has 1 aromatic carbocycles. The van der Waals surface area contributed by atoms with Crippen LogP contribution in [0.3, 0.4) is 0 Å². The molecule has 0 saturated carbocycles. The molecule has 0 aliphatic carbocycles. The fraction of sp³-hybridized carbons (Fsp3) is 0.412. The van der Waals surface area contributed by atoms with Gasteiger partial charge in [-0.25, -0.2) is 14.1 Å². The van der Waals surface area contributed by atoms with E-state index in [1.165, 1.54) is 25.2 Å². The Kier molecular flexibility index (Phi) is 4.94. The van der Waals surface area contributed by atoms with Gasteiger partial charge >= 0.3 is 0 Å². The molecule has 7 nitrogen and oxygen atoms in total. The number of hydrogen-bond donors (Lipinski definition) is 1. The molecule has 4 rings (SSSR count). The number of hydrogen-bond acceptors (Lipinski definition) is 5. The van der Waals surface area contributed by atoms with Crippen LogP contribution in [0.2, 0.25) is 5.02 Å². The van der Waals surface area contributed by atoms with Crippen molar-refractivity contribution in [2.75, 3.05) is 13.1 Å². The van der Waals surface area contributed by atoms with Gasteiger partial charge in [-0.15, -0.1) is 5.10 Å². The van der Waals surface area contributed by atoms with Crippen LogP contribution in [0.4, 0.5) is 4.39 Å². The average molecular weight is 376 g/mol. The van der Waals surface area contributed by atoms with Gasteiger partial charge in [0.15, 0.2) is 5.82 Å². The van der Waals surface area contributed by atoms with E-state index in [0.29, 0.717) is 28.0 Å². The first-order chi connectivity index (χ1) is 12.7. The minimum atomic E-state index is -0.368. The molecule has 0 amide bonds. The summed E-state index contributed by atoms with van der Waals surface area (Å²) in [5.74, 6) is 0.720. The van der Waals surface area contributed by atoms with Gasteiger partial charge in [-0.3, -0.25) is 4.68 Å². The van der Waals surface area contributed by atoms with Gasteiger partial charge in [0, 0.05) is 17.1 Å². The lowest BCUT2D eigenvalue weighted by Gasteiger charge is -2.22. The topological polar surface area (TPSA) is 73.5 Å². The van der Waals surface area contributed by atoms with Crippen LogP contribution in [0.25, 0.3) is 11.5 Å². The number of rotatable bonds is 5. The summed E-state index contributed by atoms with van der Waals surface area (Å²) in [7, 11) is 0. The third-order valence-electron chi connectivity index (χ3n) is 4.60. The first-order valence-electron chi connectivity index (χ1n) is 8.62. The number of piperidine rings is 1. The lowest BCUT2D eigenvalue weighted by Crippen LogP contribution is -2.32. The molecule has 136 valence electrons. The maximum absolute atomic E-state index is 14.1. The number of aromatic nitrogens is 6. The van der Waals surface area contributed by atoms with Crippen molar-refractivity contribution in [3.8, 4) is 11.5 Å². The van der Waals surface area contributed by atoms with Crippen molar-refractivity contribution in [3.05, 3.63) is 47.1 Å². The first kappa shape index (κ1) is 17.1. The highest BCUT2D eigenvalue weighted by molar-refractivity contribution is 6.31. The Hall–Kier alpha value is -2.32. The van der Waals surface area contributed by atoms with Crippen LogP contribution in [0, 0.1) is 11.7 Å². The van der Waals surface area contributed by atoms with Gasteiger partial charge in [0.2, 0.25) is 0 Å². The molecule has 0 spiro atoms. The molecule has 9 heteroatoms. The molecular formula is C17H19ClFN7. The van der Waals surface area contributed by atoms with Crippen molar-refractivity contribution in [1.29, 1.82) is 0 Å². The van der Waals surface area contributed by atoms with E-state index in [1.54, 1.807) is 16.8 Å². The van der Waals surface area contributed by atoms with E-state index in [2.05, 4.69) is 25.7 Å². The van der Waals surface area contributed by atoms with E-state index in [4.69, 9.17) is 11.6 Å². The van der Waals surface area contributed by atoms with Crippen molar-refractivity contribution in [2.45, 2.75) is 25.9 Å². The van der Waals surface area contributed by atoms with E-state index in [0.717, 1.165) is 19.6 Å². The molecule has 26 heavy (non-hydrogen) atoms. The summed E-state index contributed by atoms with van der Waals surface area (Å²) in [5, 5.41) is 16.4. The number of benzene rings is 1. The molecule has 1 aliphatic heterocycles. The molecule has 0 bridgehead atoms. The molecule has 1 fully saturated rings. The summed E-state index contributed by atoms with van der Waals surface area (Å²) in [6.45, 7) is 3.07. The van der Waals surface area contributed by atoms with Crippen LogP contribution in [0.5, 0.6) is 0 Å². The van der Waals surface area contributed by atoms with Gasteiger partial charge in [-0.1, -0.05) is 22.9 Å². The summed E-state index contributed by atoms with van der Waals surface area (Å²) < 4.78 is 17.5. The Labute approximate surface area is 155 Å². The highest BCUT2D eigenvalue weighted by atomic mass is 35.5. The smallest absolute Gasteiger partial charge is 0.180 e. The highest BCUT2D eigenvalue weighted by Crippen LogP contribution is 2.22. The Bertz CT molecular complexity index is 865. The second kappa shape index (κ2) is 7.51. The number of nitrogens with zero attached hydrogens (tertiary/aromatic N) is 6. The second-order valence-electron chi connectivity index (χ2n) is 6.48. The largest absolute Gasteiger partial charge is 0.316 e. The van der Waals surface area contributed by atoms with Crippen molar-refractivity contribution < 1.29 is 4.39 Å². The molecule has 2 aromatic heterocycles. The third-order valence-corrected chi connectivity index (χ3v) is 4.95. The lowest BCUT2D eigenvalue weighted by atomic mass is 10.00. The molecule has 1 saturated heterocycles. The maximum atomic E-state index is 14.1. The van der Waals surface area contributed by atoms with Crippen molar-refractivity contribution in [3.63, 3.8) is 0 Å². The standard InChI is InChI=1S/C17H19ClFN7/c18-14-4-1-5-15(19)13(14)9-26-17(21-11-22-26)16-10-25(24-23-16)8-12-3-2-6-20-7-12/h1,4-5,10-12,20H,2-3,6-9H2/t12-/m0/s1. The zero-order chi connectivity index (χ0) is 17.9. The van der Waals surface area contributed by atoms with Crippen molar-refractivity contribution >= 4 is 11.6 Å². The third kappa shape index (κ3) is 3.61. The van der Waals surface area contributed by atoms with Gasteiger partial charge in [-0.2, -0.15) is 5.10 Å². The van der Waals surface area contributed by atoms with Gasteiger partial charge in [0.05, 0.1) is 12.7 Å². The van der Waals surface area contributed by atoms with E-state index in [1.807, 2.05) is 10.9 Å². The maximum Gasteiger partial charge on any atom is 0.180 e.